The number of allylic oxidation sites excluding steroid dienone is 5. The van der Waals surface area contributed by atoms with Gasteiger partial charge in [-0.2, -0.15) is 13.2 Å². The van der Waals surface area contributed by atoms with Crippen molar-refractivity contribution in [2.75, 3.05) is 19.5 Å². The van der Waals surface area contributed by atoms with Crippen molar-refractivity contribution >= 4 is 42.9 Å². The number of ether oxygens (including phenoxy) is 2. The minimum absolute atomic E-state index is 0.0349. The van der Waals surface area contributed by atoms with E-state index in [0.29, 0.717) is 22.8 Å². The zero-order chi connectivity index (χ0) is 36.9. The molecule has 3 aromatic rings. The second-order valence-corrected chi connectivity index (χ2v) is 12.6. The number of anilines is 1. The van der Waals surface area contributed by atoms with Crippen LogP contribution in [-0.4, -0.2) is 52.0 Å². The lowest BCUT2D eigenvalue weighted by atomic mass is 10.1. The molecule has 1 aliphatic rings. The number of halogens is 5. The van der Waals surface area contributed by atoms with E-state index in [2.05, 4.69) is 21.6 Å². The molecule has 0 saturated carbocycles. The fraction of sp³-hybridized carbons (Fsp3) is 0.424. The monoisotopic (exact) mass is 731 g/mol. The molecule has 10 nitrogen and oxygen atoms in total. The number of nitrogens with two attached hydrogens (primary N) is 1. The molecule has 3 heterocycles. The molecule has 0 bridgehead atoms. The highest BCUT2D eigenvalue weighted by Crippen LogP contribution is 2.42. The Morgan fingerprint density at radius 2 is 1.88 bits per heavy atom. The van der Waals surface area contributed by atoms with Crippen LogP contribution in [0.2, 0.25) is 5.02 Å². The van der Waals surface area contributed by atoms with Crippen molar-refractivity contribution in [3.8, 4) is 5.75 Å². The quantitative estimate of drug-likeness (QED) is 0.0862. The van der Waals surface area contributed by atoms with Crippen LogP contribution >= 0.6 is 20.1 Å². The van der Waals surface area contributed by atoms with Crippen LogP contribution in [0.5, 0.6) is 5.75 Å². The Morgan fingerprint density at radius 1 is 1.22 bits per heavy atom. The van der Waals surface area contributed by atoms with Crippen LogP contribution in [0.1, 0.15) is 54.2 Å². The third-order valence-electron chi connectivity index (χ3n) is 6.81. The molecule has 1 saturated heterocycles. The van der Waals surface area contributed by atoms with Crippen LogP contribution in [0.3, 0.4) is 0 Å². The number of hydrogen-bond donors (Lipinski definition) is 2. The van der Waals surface area contributed by atoms with E-state index in [-0.39, 0.29) is 29.8 Å². The molecule has 1 fully saturated rings. The van der Waals surface area contributed by atoms with Gasteiger partial charge in [-0.05, 0) is 51.5 Å². The Kier molecular flexibility index (Phi) is 16.1. The molecule has 49 heavy (non-hydrogen) atoms. The van der Waals surface area contributed by atoms with E-state index in [1.54, 1.807) is 42.7 Å². The molecule has 16 heteroatoms. The summed E-state index contributed by atoms with van der Waals surface area (Å²) in [5.74, 6) is -0.345. The van der Waals surface area contributed by atoms with Gasteiger partial charge in [-0.1, -0.05) is 63.3 Å². The summed E-state index contributed by atoms with van der Waals surface area (Å²) in [6.07, 6.45) is 3.44. The molecule has 0 amide bonds. The third kappa shape index (κ3) is 12.1. The third-order valence-corrected chi connectivity index (χ3v) is 8.56. The van der Waals surface area contributed by atoms with E-state index in [0.717, 1.165) is 13.0 Å². The maximum absolute atomic E-state index is 14.6. The molecule has 0 aliphatic carbocycles. The number of carbonyl (C=O) groups is 1. The van der Waals surface area contributed by atoms with Crippen molar-refractivity contribution in [1.29, 1.82) is 0 Å². The number of carbonyl (C=O) groups excluding carboxylic acids is 1. The molecule has 4 rings (SSSR count). The van der Waals surface area contributed by atoms with E-state index >= 15 is 0 Å². The molecule has 1 aromatic carbocycles. The molecule has 3 N–H and O–H groups in total. The summed E-state index contributed by atoms with van der Waals surface area (Å²) in [4.78, 5) is 20.3. The van der Waals surface area contributed by atoms with Gasteiger partial charge in [0.2, 0.25) is 0 Å². The number of fused-ring (bicyclic) bond motifs is 1. The number of nitrogens with one attached hydrogen (secondary N) is 1. The van der Waals surface area contributed by atoms with E-state index < -0.39 is 43.8 Å². The van der Waals surface area contributed by atoms with E-state index in [1.807, 2.05) is 20.8 Å². The van der Waals surface area contributed by atoms with Crippen molar-refractivity contribution in [2.45, 2.75) is 72.0 Å². The van der Waals surface area contributed by atoms with Gasteiger partial charge in [-0.25, -0.2) is 19.4 Å². The normalized spacial score (nSPS) is 18.7. The summed E-state index contributed by atoms with van der Waals surface area (Å²) in [6, 6.07) is 6.80. The highest BCUT2D eigenvalue weighted by atomic mass is 35.5. The van der Waals surface area contributed by atoms with Gasteiger partial charge in [-0.3, -0.25) is 4.79 Å². The second kappa shape index (κ2) is 19.0. The molecule has 2 aromatic heterocycles. The number of nitrogens with zero attached hydrogens (tertiary/aromatic N) is 3. The Morgan fingerprint density at radius 3 is 2.47 bits per heavy atom. The molecule has 1 aliphatic heterocycles. The Balaban J connectivity index is 0.000000547. The lowest BCUT2D eigenvalue weighted by molar-refractivity contribution is -0.146. The number of aromatic nitrogens is 3. The number of benzene rings is 1. The van der Waals surface area contributed by atoms with Gasteiger partial charge in [0.05, 0.1) is 25.2 Å². The average molecular weight is 732 g/mol. The molecule has 0 spiro atoms. The fourth-order valence-corrected chi connectivity index (χ4v) is 5.80. The Bertz CT molecular complexity index is 1580. The van der Waals surface area contributed by atoms with Gasteiger partial charge in [0.1, 0.15) is 29.7 Å². The van der Waals surface area contributed by atoms with Crippen molar-refractivity contribution in [3.05, 3.63) is 84.1 Å². The summed E-state index contributed by atoms with van der Waals surface area (Å²) >= 11 is 5.97. The van der Waals surface area contributed by atoms with Crippen molar-refractivity contribution in [3.63, 3.8) is 0 Å². The standard InChI is InChI=1S/C23H28ClFN5O5P.C8H9F3.C2H6/c1-13-9-16(34-21(13)30-10-17(25)18-19(26)27-12-28-20(18)30)11-33-36(29-23(2,3)22(31)32-4)35-15-7-5-14(24)6-8-15;1-3-4-5-6-7(2)8(9,10)11;1-2/h5-8,10,12-13,16,21,29H,9,11H2,1-4H3,(H2,26,27,28);3-6H,1H2,2H3;1-2H3/b;5-4-,7-6+;/t13?,16?,21-,36?;;/m1../s1. The summed E-state index contributed by atoms with van der Waals surface area (Å²) in [5, 5.41) is 3.82. The summed E-state index contributed by atoms with van der Waals surface area (Å²) in [7, 11) is -0.463. The number of nitrogen functional groups attached to an aromatic ring is 1. The van der Waals surface area contributed by atoms with E-state index in [9.17, 15) is 22.4 Å². The fourth-order valence-electron chi connectivity index (χ4n) is 4.35. The zero-order valence-corrected chi connectivity index (χ0v) is 30.1. The lowest BCUT2D eigenvalue weighted by Gasteiger charge is -2.28. The largest absolute Gasteiger partial charge is 0.468 e. The van der Waals surface area contributed by atoms with Crippen LogP contribution in [-0.2, 0) is 18.8 Å². The van der Waals surface area contributed by atoms with Gasteiger partial charge in [0.15, 0.2) is 11.5 Å². The molecule has 0 radical (unpaired) electrons. The molecular weight excluding hydrogens is 689 g/mol. The first-order valence-electron chi connectivity index (χ1n) is 15.2. The first-order chi connectivity index (χ1) is 23.1. The van der Waals surface area contributed by atoms with Gasteiger partial charge in [-0.15, -0.1) is 0 Å². The Labute approximate surface area is 290 Å². The minimum atomic E-state index is -4.22. The van der Waals surface area contributed by atoms with Gasteiger partial charge < -0.3 is 28.8 Å². The predicted molar refractivity (Wildman–Crippen MR) is 184 cm³/mol. The van der Waals surface area contributed by atoms with Crippen LogP contribution in [0.15, 0.2) is 73.2 Å². The Hall–Kier alpha value is -3.55. The predicted octanol–water partition coefficient (Wildman–Crippen LogP) is 8.86. The minimum Gasteiger partial charge on any atom is -0.468 e. The summed E-state index contributed by atoms with van der Waals surface area (Å²) < 4.78 is 74.6. The van der Waals surface area contributed by atoms with Gasteiger partial charge in [0, 0.05) is 22.7 Å². The van der Waals surface area contributed by atoms with E-state index in [4.69, 9.17) is 35.9 Å². The van der Waals surface area contributed by atoms with Crippen LogP contribution in [0.25, 0.3) is 11.0 Å². The van der Waals surface area contributed by atoms with Crippen molar-refractivity contribution in [2.24, 2.45) is 5.92 Å². The van der Waals surface area contributed by atoms with Gasteiger partial charge >= 0.3 is 20.7 Å². The molecule has 4 atom stereocenters. The van der Waals surface area contributed by atoms with Gasteiger partial charge in [0.25, 0.3) is 0 Å². The number of esters is 1. The average Bonchev–Trinajstić information content (AvgIpc) is 3.60. The lowest BCUT2D eigenvalue weighted by Crippen LogP contribution is -2.45. The maximum atomic E-state index is 14.6. The smallest absolute Gasteiger partial charge is 0.412 e. The first kappa shape index (κ1) is 41.6. The first-order valence-corrected chi connectivity index (χ1v) is 16.8. The second-order valence-electron chi connectivity index (χ2n) is 11.0. The van der Waals surface area contributed by atoms with Crippen molar-refractivity contribution < 1.29 is 40.9 Å². The number of rotatable bonds is 11. The molecule has 3 unspecified atom stereocenters. The number of methoxy groups -OCH3 is 1. The number of alkyl halides is 3. The van der Waals surface area contributed by atoms with E-state index in [1.165, 1.54) is 37.9 Å². The van der Waals surface area contributed by atoms with Crippen LogP contribution < -0.4 is 15.3 Å². The molecule has 270 valence electrons. The highest BCUT2D eigenvalue weighted by molar-refractivity contribution is 7.45. The summed E-state index contributed by atoms with van der Waals surface area (Å²) in [6.45, 7) is 13.9. The van der Waals surface area contributed by atoms with Crippen LogP contribution in [0.4, 0.5) is 23.4 Å². The maximum Gasteiger partial charge on any atom is 0.412 e. The summed E-state index contributed by atoms with van der Waals surface area (Å²) in [5.41, 5.74) is 4.53. The number of hydrogen-bond acceptors (Lipinski definition) is 9. The molecular formula is C33H43ClF4N5O5P. The topological polar surface area (TPSA) is 123 Å². The highest BCUT2D eigenvalue weighted by Gasteiger charge is 2.38. The van der Waals surface area contributed by atoms with Crippen molar-refractivity contribution in [1.82, 2.24) is 19.6 Å². The van der Waals surface area contributed by atoms with Crippen LogP contribution in [0, 0.1) is 11.7 Å². The zero-order valence-electron chi connectivity index (χ0n) is 28.4. The SMILES string of the molecule is C=C/C=C\C=C(/C)C(F)(F)F.CC.COC(=O)C(C)(C)NP(OCC1CC(C)[C@H](n2cc(F)c3c(N)ncnc32)O1)Oc1ccc(Cl)cc1.